The van der Waals surface area contributed by atoms with E-state index in [1.165, 1.54) is 6.08 Å². The molecular formula is C37H40N2O8. The van der Waals surface area contributed by atoms with Gasteiger partial charge in [0.25, 0.3) is 0 Å². The summed E-state index contributed by atoms with van der Waals surface area (Å²) in [6.07, 6.45) is 7.44. The van der Waals surface area contributed by atoms with Crippen LogP contribution in [-0.4, -0.2) is 58.2 Å². The molecule has 47 heavy (non-hydrogen) atoms. The molecule has 4 aromatic carbocycles. The smallest absolute Gasteiger partial charge is 0.330 e. The molecule has 4 aromatic rings. The molecule has 1 unspecified atom stereocenters. The van der Waals surface area contributed by atoms with Crippen LogP contribution >= 0.6 is 0 Å². The van der Waals surface area contributed by atoms with Crippen molar-refractivity contribution in [2.75, 3.05) is 34.5 Å². The van der Waals surface area contributed by atoms with Crippen LogP contribution < -0.4 is 18.9 Å². The van der Waals surface area contributed by atoms with Crippen molar-refractivity contribution >= 4 is 29.2 Å². The zero-order chi connectivity index (χ0) is 33.4. The fourth-order valence-corrected chi connectivity index (χ4v) is 4.93. The SMILES string of the molecule is C=CC(=O)OCCCCCCOc1ccc(C(OO)c2ccc3cc(C=NN=Cc4cc(OC)c(OC)c(OC)c4)ccc3c2)cc1. The summed E-state index contributed by atoms with van der Waals surface area (Å²) in [5.41, 5.74) is 3.23. The summed E-state index contributed by atoms with van der Waals surface area (Å²) in [6.45, 7) is 4.37. The van der Waals surface area contributed by atoms with Crippen molar-refractivity contribution in [3.63, 3.8) is 0 Å². The second-order valence-electron chi connectivity index (χ2n) is 10.5. The Hall–Kier alpha value is -5.19. The molecule has 0 spiro atoms. The second kappa shape index (κ2) is 18.1. The van der Waals surface area contributed by atoms with Gasteiger partial charge in [0.1, 0.15) is 11.9 Å². The first-order valence-corrected chi connectivity index (χ1v) is 15.2. The zero-order valence-electron chi connectivity index (χ0n) is 26.9. The number of carbonyl (C=O) groups excluding carboxylic acids is 1. The fourth-order valence-electron chi connectivity index (χ4n) is 4.93. The summed E-state index contributed by atoms with van der Waals surface area (Å²) in [5.74, 6) is 1.93. The quantitative estimate of drug-likeness (QED) is 0.0296. The van der Waals surface area contributed by atoms with Gasteiger partial charge in [0.15, 0.2) is 11.5 Å². The van der Waals surface area contributed by atoms with Crippen LogP contribution in [0.5, 0.6) is 23.0 Å². The third-order valence-electron chi connectivity index (χ3n) is 7.37. The van der Waals surface area contributed by atoms with Crippen LogP contribution in [0.15, 0.2) is 95.7 Å². The van der Waals surface area contributed by atoms with E-state index in [9.17, 15) is 10.1 Å². The van der Waals surface area contributed by atoms with Gasteiger partial charge in [0.05, 0.1) is 47.0 Å². The van der Waals surface area contributed by atoms with Gasteiger partial charge in [-0.05, 0) is 89.5 Å². The van der Waals surface area contributed by atoms with Gasteiger partial charge in [-0.3, -0.25) is 5.26 Å². The highest BCUT2D eigenvalue weighted by atomic mass is 17.1. The molecule has 0 aliphatic rings. The Kier molecular flexibility index (Phi) is 13.3. The maximum Gasteiger partial charge on any atom is 0.330 e. The van der Waals surface area contributed by atoms with Gasteiger partial charge in [0, 0.05) is 11.6 Å². The van der Waals surface area contributed by atoms with Crippen molar-refractivity contribution < 1.29 is 38.6 Å². The van der Waals surface area contributed by atoms with E-state index >= 15 is 0 Å². The molecule has 4 rings (SSSR count). The minimum Gasteiger partial charge on any atom is -0.494 e. The summed E-state index contributed by atoms with van der Waals surface area (Å²) in [7, 11) is 4.68. The van der Waals surface area contributed by atoms with E-state index in [0.29, 0.717) is 30.5 Å². The van der Waals surface area contributed by atoms with Crippen LogP contribution in [0.2, 0.25) is 0 Å². The minimum atomic E-state index is -0.658. The van der Waals surface area contributed by atoms with Gasteiger partial charge in [-0.1, -0.05) is 43.0 Å². The summed E-state index contributed by atoms with van der Waals surface area (Å²) < 4.78 is 27.0. The molecule has 0 radical (unpaired) electrons. The van der Waals surface area contributed by atoms with Crippen LogP contribution in [0.4, 0.5) is 0 Å². The third-order valence-corrected chi connectivity index (χ3v) is 7.37. The molecule has 0 saturated carbocycles. The van der Waals surface area contributed by atoms with Gasteiger partial charge in [-0.25, -0.2) is 9.68 Å². The van der Waals surface area contributed by atoms with E-state index in [1.54, 1.807) is 45.9 Å². The predicted octanol–water partition coefficient (Wildman–Crippen LogP) is 7.57. The van der Waals surface area contributed by atoms with E-state index in [4.69, 9.17) is 28.6 Å². The van der Waals surface area contributed by atoms with E-state index in [1.807, 2.05) is 60.7 Å². The van der Waals surface area contributed by atoms with Gasteiger partial charge in [-0.2, -0.15) is 10.2 Å². The fraction of sp³-hybridized carbons (Fsp3) is 0.270. The Morgan fingerprint density at radius 2 is 1.36 bits per heavy atom. The minimum absolute atomic E-state index is 0.389. The normalized spacial score (nSPS) is 11.9. The first kappa shape index (κ1) is 34.7. The number of nitrogens with zero attached hydrogens (tertiary/aromatic N) is 2. The lowest BCUT2D eigenvalue weighted by atomic mass is 9.97. The zero-order valence-corrected chi connectivity index (χ0v) is 26.9. The monoisotopic (exact) mass is 640 g/mol. The van der Waals surface area contributed by atoms with Crippen molar-refractivity contribution in [1.29, 1.82) is 0 Å². The van der Waals surface area contributed by atoms with Crippen LogP contribution in [-0.2, 0) is 14.4 Å². The molecule has 0 heterocycles. The van der Waals surface area contributed by atoms with Gasteiger partial charge in [-0.15, -0.1) is 0 Å². The number of rotatable bonds is 18. The second-order valence-corrected chi connectivity index (χ2v) is 10.5. The summed E-state index contributed by atoms with van der Waals surface area (Å²) in [4.78, 5) is 16.0. The highest BCUT2D eigenvalue weighted by molar-refractivity contribution is 5.91. The Labute approximate surface area is 274 Å². The Balaban J connectivity index is 1.32. The Bertz CT molecular complexity index is 1660. The number of hydrogen-bond donors (Lipinski definition) is 1. The van der Waals surface area contributed by atoms with E-state index in [2.05, 4.69) is 16.8 Å². The average Bonchev–Trinajstić information content (AvgIpc) is 3.11. The largest absolute Gasteiger partial charge is 0.494 e. The van der Waals surface area contributed by atoms with Crippen molar-refractivity contribution in [2.24, 2.45) is 10.2 Å². The topological polar surface area (TPSA) is 117 Å². The molecule has 0 aromatic heterocycles. The van der Waals surface area contributed by atoms with Crippen LogP contribution in [0.3, 0.4) is 0 Å². The number of hydrogen-bond acceptors (Lipinski definition) is 10. The lowest BCUT2D eigenvalue weighted by Crippen LogP contribution is -2.04. The number of fused-ring (bicyclic) bond motifs is 1. The van der Waals surface area contributed by atoms with E-state index < -0.39 is 6.10 Å². The summed E-state index contributed by atoms with van der Waals surface area (Å²) in [5, 5.41) is 20.2. The molecule has 0 aliphatic heterocycles. The molecule has 1 N–H and O–H groups in total. The molecule has 1 atom stereocenters. The summed E-state index contributed by atoms with van der Waals surface area (Å²) in [6, 6.07) is 22.9. The van der Waals surface area contributed by atoms with Gasteiger partial charge < -0.3 is 23.7 Å². The molecule has 0 saturated heterocycles. The number of benzene rings is 4. The Morgan fingerprint density at radius 3 is 2.00 bits per heavy atom. The molecular weight excluding hydrogens is 600 g/mol. The van der Waals surface area contributed by atoms with Crippen LogP contribution in [0.25, 0.3) is 10.8 Å². The number of esters is 1. The van der Waals surface area contributed by atoms with Crippen LogP contribution in [0, 0.1) is 0 Å². The van der Waals surface area contributed by atoms with Crippen LogP contribution in [0.1, 0.15) is 54.0 Å². The highest BCUT2D eigenvalue weighted by Crippen LogP contribution is 2.37. The first-order valence-electron chi connectivity index (χ1n) is 15.2. The van der Waals surface area contributed by atoms with Crippen molar-refractivity contribution in [1.82, 2.24) is 0 Å². The van der Waals surface area contributed by atoms with Crippen molar-refractivity contribution in [3.8, 4) is 23.0 Å². The van der Waals surface area contributed by atoms with Crippen molar-refractivity contribution in [3.05, 3.63) is 108 Å². The lowest BCUT2D eigenvalue weighted by molar-refractivity contribution is -0.270. The number of carbonyl (C=O) groups is 1. The maximum absolute atomic E-state index is 11.0. The predicted molar refractivity (Wildman–Crippen MR) is 182 cm³/mol. The first-order chi connectivity index (χ1) is 23.0. The third kappa shape index (κ3) is 9.90. The van der Waals surface area contributed by atoms with Gasteiger partial charge in [0.2, 0.25) is 5.75 Å². The molecule has 10 heteroatoms. The van der Waals surface area contributed by atoms with Gasteiger partial charge >= 0.3 is 5.97 Å². The number of ether oxygens (including phenoxy) is 5. The highest BCUT2D eigenvalue weighted by Gasteiger charge is 2.16. The maximum atomic E-state index is 11.0. The molecule has 0 aliphatic carbocycles. The lowest BCUT2D eigenvalue weighted by Gasteiger charge is -2.16. The standard InChI is InChI=1S/C37H40N2O8/c1-5-35(40)46-19-9-7-6-8-18-45-32-16-14-28(15-17-32)36(47-41)31-13-12-29-20-26(10-11-30(29)23-31)24-38-39-25-27-21-33(42-2)37(44-4)34(22-27)43-3/h5,10-17,20-25,36,41H,1,6-9,18-19H2,2-4H3. The molecule has 0 amide bonds. The molecule has 0 fully saturated rings. The van der Waals surface area contributed by atoms with Crippen molar-refractivity contribution in [2.45, 2.75) is 31.8 Å². The summed E-state index contributed by atoms with van der Waals surface area (Å²) >= 11 is 0. The number of methoxy groups -OCH3 is 3. The average molecular weight is 641 g/mol. The molecule has 0 bridgehead atoms. The Morgan fingerprint density at radius 1 is 0.745 bits per heavy atom. The molecule has 10 nitrogen and oxygen atoms in total. The number of unbranched alkanes of at least 4 members (excludes halogenated alkanes) is 3. The van der Waals surface area contributed by atoms with E-state index in [-0.39, 0.29) is 5.97 Å². The van der Waals surface area contributed by atoms with E-state index in [0.717, 1.165) is 64.5 Å². The molecule has 246 valence electrons.